The standard InChI is InChI=1S/C51H90Cl3N5O24/c52-51(53,54)41-83-49(70)58-13-5-3-1-2-4-6-45(63)59-50(38-80-17-7-42(60)55-14-23-74-29-35-77-32-26-71-20-10-46(64)65,39-81-18-8-43(61)56-15-24-75-30-36-78-33-27-72-21-11-47(66)67)40-82-19-9-44(62)57-16-25-76-31-37-79-34-28-73-22-12-48(68)69/h1-41H2,(H,55,60)(H,56,61)(H,57,62)(H,58,70)(H,59,63)(H,64,65)(H,66,67)(H,68,69). The molecule has 0 saturated heterocycles. The van der Waals surface area contributed by atoms with Crippen LogP contribution < -0.4 is 26.6 Å². The Morgan fingerprint density at radius 1 is 0.301 bits per heavy atom. The molecule has 0 fully saturated rings. The molecular formula is C51H90Cl3N5O24. The highest BCUT2D eigenvalue weighted by Gasteiger charge is 2.34. The van der Waals surface area contributed by atoms with Gasteiger partial charge in [0.05, 0.1) is 178 Å². The van der Waals surface area contributed by atoms with Crippen LogP contribution in [0.3, 0.4) is 0 Å². The summed E-state index contributed by atoms with van der Waals surface area (Å²) in [7, 11) is 0. The van der Waals surface area contributed by atoms with E-state index >= 15 is 0 Å². The Hall–Kier alpha value is -4.05. The molecule has 484 valence electrons. The average molecular weight is 1260 g/mol. The molecule has 0 bridgehead atoms. The van der Waals surface area contributed by atoms with Gasteiger partial charge in [-0.1, -0.05) is 54.1 Å². The summed E-state index contributed by atoms with van der Waals surface area (Å²) >= 11 is 16.8. The maximum atomic E-state index is 13.6. The normalized spacial score (nSPS) is 11.5. The van der Waals surface area contributed by atoms with E-state index in [1.54, 1.807) is 0 Å². The molecule has 0 aliphatic carbocycles. The van der Waals surface area contributed by atoms with Gasteiger partial charge in [-0.2, -0.15) is 0 Å². The lowest BCUT2D eigenvalue weighted by Gasteiger charge is -2.34. The quantitative estimate of drug-likeness (QED) is 0.0315. The van der Waals surface area contributed by atoms with Gasteiger partial charge < -0.3 is 103 Å². The number of hydrogen-bond acceptors (Lipinski definition) is 21. The van der Waals surface area contributed by atoms with Crippen LogP contribution in [0.5, 0.6) is 0 Å². The molecule has 32 heteroatoms. The van der Waals surface area contributed by atoms with Crippen molar-refractivity contribution in [2.75, 3.05) is 191 Å². The van der Waals surface area contributed by atoms with Crippen molar-refractivity contribution in [3.8, 4) is 0 Å². The molecule has 0 heterocycles. The molecule has 0 saturated carbocycles. The number of ether oxygens (including phenoxy) is 13. The lowest BCUT2D eigenvalue weighted by Crippen LogP contribution is -2.58. The number of rotatable bonds is 61. The van der Waals surface area contributed by atoms with Crippen LogP contribution in [-0.2, 0) is 95.1 Å². The van der Waals surface area contributed by atoms with E-state index < -0.39 is 39.9 Å². The van der Waals surface area contributed by atoms with Crippen molar-refractivity contribution in [3.05, 3.63) is 0 Å². The van der Waals surface area contributed by atoms with Crippen molar-refractivity contribution >= 4 is 82.4 Å². The molecule has 0 aliphatic rings. The number of carbonyl (C=O) groups is 8. The highest BCUT2D eigenvalue weighted by Crippen LogP contribution is 2.25. The maximum absolute atomic E-state index is 13.6. The highest BCUT2D eigenvalue weighted by atomic mass is 35.6. The molecule has 29 nitrogen and oxygen atoms in total. The van der Waals surface area contributed by atoms with Crippen LogP contribution >= 0.6 is 34.8 Å². The van der Waals surface area contributed by atoms with Crippen LogP contribution in [0.2, 0.25) is 0 Å². The Morgan fingerprint density at radius 3 is 0.940 bits per heavy atom. The minimum absolute atomic E-state index is 0.0491. The maximum Gasteiger partial charge on any atom is 0.407 e. The highest BCUT2D eigenvalue weighted by molar-refractivity contribution is 6.67. The van der Waals surface area contributed by atoms with Crippen molar-refractivity contribution < 1.29 is 115 Å². The second-order valence-electron chi connectivity index (χ2n) is 17.9. The summed E-state index contributed by atoms with van der Waals surface area (Å²) in [4.78, 5) is 95.3. The minimum Gasteiger partial charge on any atom is -0.481 e. The van der Waals surface area contributed by atoms with Gasteiger partial charge in [-0.3, -0.25) is 33.6 Å². The number of nitrogens with one attached hydrogen (secondary N) is 5. The first-order chi connectivity index (χ1) is 39.9. The average Bonchev–Trinajstić information content (AvgIpc) is 3.52. The number of alkyl carbamates (subject to hydrolysis) is 1. The van der Waals surface area contributed by atoms with Gasteiger partial charge in [-0.05, 0) is 12.8 Å². The van der Waals surface area contributed by atoms with E-state index in [4.69, 9.17) is 112 Å². The van der Waals surface area contributed by atoms with Gasteiger partial charge in [0.25, 0.3) is 0 Å². The van der Waals surface area contributed by atoms with Crippen LogP contribution in [0.1, 0.15) is 77.0 Å². The smallest absolute Gasteiger partial charge is 0.407 e. The Bertz CT molecular complexity index is 1570. The molecular weight excluding hydrogens is 1170 g/mol. The number of amides is 5. The molecule has 0 aromatic rings. The van der Waals surface area contributed by atoms with E-state index in [-0.39, 0.29) is 247 Å². The van der Waals surface area contributed by atoms with Gasteiger partial charge in [0.2, 0.25) is 27.4 Å². The molecule has 0 atom stereocenters. The number of halogens is 3. The van der Waals surface area contributed by atoms with E-state index in [0.717, 1.165) is 12.8 Å². The van der Waals surface area contributed by atoms with Crippen molar-refractivity contribution in [1.82, 2.24) is 26.6 Å². The predicted octanol–water partition coefficient (Wildman–Crippen LogP) is 1.42. The third-order valence-corrected chi connectivity index (χ3v) is 10.8. The first-order valence-corrected chi connectivity index (χ1v) is 28.7. The minimum atomic E-state index is -1.72. The Labute approximate surface area is 500 Å². The van der Waals surface area contributed by atoms with E-state index in [0.29, 0.717) is 25.8 Å². The van der Waals surface area contributed by atoms with Crippen molar-refractivity contribution in [2.45, 2.75) is 86.4 Å². The number of unbranched alkanes of at least 4 members (excludes halogenated alkanes) is 4. The largest absolute Gasteiger partial charge is 0.481 e. The Balaban J connectivity index is 5.45. The molecule has 0 spiro atoms. The monoisotopic (exact) mass is 1260 g/mol. The second kappa shape index (κ2) is 55.8. The zero-order chi connectivity index (χ0) is 61.3. The third kappa shape index (κ3) is 59.5. The number of aliphatic carboxylic acids is 3. The summed E-state index contributed by atoms with van der Waals surface area (Å²) in [6.07, 6.45) is 2.31. The van der Waals surface area contributed by atoms with Crippen LogP contribution in [0.25, 0.3) is 0 Å². The van der Waals surface area contributed by atoms with Crippen molar-refractivity contribution in [2.24, 2.45) is 0 Å². The molecule has 83 heavy (non-hydrogen) atoms. The molecule has 0 aliphatic heterocycles. The molecule has 0 rings (SSSR count). The van der Waals surface area contributed by atoms with Crippen molar-refractivity contribution in [1.29, 1.82) is 0 Å². The van der Waals surface area contributed by atoms with Gasteiger partial charge in [0, 0.05) is 51.9 Å². The summed E-state index contributed by atoms with van der Waals surface area (Å²) in [5.74, 6) is -4.18. The number of carboxylic acid groups (broad SMARTS) is 3. The summed E-state index contributed by atoms with van der Waals surface area (Å²) in [6, 6.07) is 0. The molecule has 0 radical (unpaired) electrons. The fourth-order valence-electron chi connectivity index (χ4n) is 6.38. The lowest BCUT2D eigenvalue weighted by atomic mass is 10.0. The molecule has 8 N–H and O–H groups in total. The van der Waals surface area contributed by atoms with Gasteiger partial charge in [-0.25, -0.2) is 4.79 Å². The Morgan fingerprint density at radius 2 is 0.602 bits per heavy atom. The van der Waals surface area contributed by atoms with Crippen LogP contribution in [0.15, 0.2) is 0 Å². The second-order valence-corrected chi connectivity index (χ2v) is 20.4. The summed E-state index contributed by atoms with van der Waals surface area (Å²) in [5.41, 5.74) is -1.35. The first kappa shape index (κ1) is 79.0. The van der Waals surface area contributed by atoms with Crippen LogP contribution in [-0.4, -0.2) is 264 Å². The van der Waals surface area contributed by atoms with Crippen LogP contribution in [0, 0.1) is 0 Å². The first-order valence-electron chi connectivity index (χ1n) is 27.6. The number of alkyl halides is 3. The van der Waals surface area contributed by atoms with Gasteiger partial charge >= 0.3 is 24.0 Å². The van der Waals surface area contributed by atoms with E-state index in [1.165, 1.54) is 0 Å². The Kier molecular flexibility index (Phi) is 53.1. The summed E-state index contributed by atoms with van der Waals surface area (Å²) in [5, 5.41) is 39.8. The number of carbonyl (C=O) groups excluding carboxylic acids is 5. The topological polar surface area (TPSA) is 377 Å². The number of carboxylic acids is 3. The SMILES string of the molecule is O=C(O)CCOCCOCCOCCNC(=O)CCOCC(COCCC(=O)NCCOCCOCCOCCC(=O)O)(COCCC(=O)NCCOCCOCCOCCC(=O)O)NC(=O)CCCCCCCNC(=O)OCC(Cl)(Cl)Cl. The van der Waals surface area contributed by atoms with Crippen molar-refractivity contribution in [3.63, 3.8) is 0 Å². The van der Waals surface area contributed by atoms with Gasteiger partial charge in [0.1, 0.15) is 12.1 Å². The summed E-state index contributed by atoms with van der Waals surface area (Å²) < 4.78 is 69.2. The zero-order valence-corrected chi connectivity index (χ0v) is 49.8. The summed E-state index contributed by atoms with van der Waals surface area (Å²) in [6.45, 7) is 3.88. The van der Waals surface area contributed by atoms with Gasteiger partial charge in [0.15, 0.2) is 0 Å². The van der Waals surface area contributed by atoms with Gasteiger partial charge in [-0.15, -0.1) is 0 Å². The molecule has 5 amide bonds. The predicted molar refractivity (Wildman–Crippen MR) is 298 cm³/mol. The van der Waals surface area contributed by atoms with E-state index in [9.17, 15) is 38.4 Å². The van der Waals surface area contributed by atoms with E-state index in [1.807, 2.05) is 0 Å². The molecule has 0 unspecified atom stereocenters. The number of hydrogen-bond donors (Lipinski definition) is 8. The molecule has 0 aromatic carbocycles. The van der Waals surface area contributed by atoms with Crippen LogP contribution in [0.4, 0.5) is 4.79 Å². The third-order valence-electron chi connectivity index (χ3n) is 10.5. The van der Waals surface area contributed by atoms with E-state index in [2.05, 4.69) is 26.6 Å². The lowest BCUT2D eigenvalue weighted by molar-refractivity contribution is -0.139. The fraction of sp³-hybridized carbons (Fsp3) is 0.843. The fourth-order valence-corrected chi connectivity index (χ4v) is 6.54. The zero-order valence-electron chi connectivity index (χ0n) is 47.5. The molecule has 0 aromatic heterocycles.